The van der Waals surface area contributed by atoms with Crippen LogP contribution < -0.4 is 4.74 Å². The number of rotatable bonds is 4. The number of carbonyl (C=O) groups is 1. The minimum absolute atomic E-state index is 0.0986. The van der Waals surface area contributed by atoms with Crippen LogP contribution in [0.1, 0.15) is 31.7 Å². The molecular weight excluding hydrogens is 295 g/mol. The van der Waals surface area contributed by atoms with Crippen molar-refractivity contribution in [1.29, 1.82) is 0 Å². The Morgan fingerprint density at radius 1 is 1.43 bits per heavy atom. The van der Waals surface area contributed by atoms with Gasteiger partial charge in [0.1, 0.15) is 12.0 Å². The first-order valence-corrected chi connectivity index (χ1v) is 6.21. The number of Topliss-reactive ketones (excluding diaryl/α,β-unsaturated/α-hetero) is 1. The fourth-order valence-corrected chi connectivity index (χ4v) is 2.12. The van der Waals surface area contributed by atoms with E-state index in [4.69, 9.17) is 0 Å². The summed E-state index contributed by atoms with van der Waals surface area (Å²) < 4.78 is 41.9. The molecule has 2 rings (SSSR count). The Morgan fingerprint density at radius 3 is 2.57 bits per heavy atom. The van der Waals surface area contributed by atoms with E-state index in [1.54, 1.807) is 0 Å². The molecule has 0 unspecified atom stereocenters. The molecule has 0 saturated heterocycles. The molecule has 1 saturated carbocycles. The van der Waals surface area contributed by atoms with E-state index in [1.807, 2.05) is 0 Å². The zero-order valence-electron chi connectivity index (χ0n) is 10.8. The van der Waals surface area contributed by atoms with E-state index in [0.29, 0.717) is 25.7 Å². The predicted octanol–water partition coefficient (Wildman–Crippen LogP) is 2.42. The zero-order chi connectivity index (χ0) is 15.6. The molecule has 1 aliphatic carbocycles. The summed E-state index contributed by atoms with van der Waals surface area (Å²) in [5, 5.41) is 14.6. The average molecular weight is 307 g/mol. The minimum atomic E-state index is -4.60. The highest BCUT2D eigenvalue weighted by atomic mass is 19.4. The summed E-state index contributed by atoms with van der Waals surface area (Å²) in [5.41, 5.74) is -0.615. The summed E-state index contributed by atoms with van der Waals surface area (Å²) in [6.07, 6.45) is -1.98. The van der Waals surface area contributed by atoms with Crippen LogP contribution in [-0.4, -0.2) is 33.3 Å². The number of alkyl halides is 3. The molecule has 1 heterocycles. The summed E-state index contributed by atoms with van der Waals surface area (Å²) in [7, 11) is 0. The van der Waals surface area contributed by atoms with Crippen LogP contribution in [0.4, 0.5) is 18.9 Å². The molecule has 0 aliphatic heterocycles. The van der Waals surface area contributed by atoms with Gasteiger partial charge in [0.25, 0.3) is 0 Å². The molecule has 116 valence electrons. The van der Waals surface area contributed by atoms with Gasteiger partial charge in [-0.3, -0.25) is 19.6 Å². The molecule has 0 atom stereocenters. The number of nitro groups is 1. The zero-order valence-corrected chi connectivity index (χ0v) is 10.8. The second kappa shape index (κ2) is 5.70. The second-order valence-corrected chi connectivity index (χ2v) is 4.73. The van der Waals surface area contributed by atoms with Crippen molar-refractivity contribution in [1.82, 2.24) is 9.78 Å². The van der Waals surface area contributed by atoms with Gasteiger partial charge >= 0.3 is 17.7 Å². The van der Waals surface area contributed by atoms with Gasteiger partial charge in [-0.2, -0.15) is 13.2 Å². The van der Waals surface area contributed by atoms with Crippen LogP contribution in [-0.2, 0) is 4.79 Å². The molecule has 0 N–H and O–H groups in total. The Balaban J connectivity index is 2.16. The SMILES string of the molecule is O=C1CCC(n2cc([N+](=O)[O-])c(OCC(F)(F)F)n2)CC1. The number of nitrogens with zero attached hydrogens (tertiary/aromatic N) is 3. The first kappa shape index (κ1) is 15.3. The van der Waals surface area contributed by atoms with E-state index in [0.717, 1.165) is 6.20 Å². The van der Waals surface area contributed by atoms with E-state index >= 15 is 0 Å². The van der Waals surface area contributed by atoms with E-state index in [9.17, 15) is 28.1 Å². The normalized spacial score (nSPS) is 17.0. The molecule has 1 aromatic heterocycles. The highest BCUT2D eigenvalue weighted by Crippen LogP contribution is 2.32. The molecule has 0 spiro atoms. The molecule has 0 aromatic carbocycles. The smallest absolute Gasteiger partial charge is 0.422 e. The Labute approximate surface area is 116 Å². The molecule has 10 heteroatoms. The molecule has 0 amide bonds. The molecule has 7 nitrogen and oxygen atoms in total. The van der Waals surface area contributed by atoms with Crippen LogP contribution in [0.5, 0.6) is 5.88 Å². The van der Waals surface area contributed by atoms with E-state index < -0.39 is 29.3 Å². The molecule has 1 aliphatic rings. The largest absolute Gasteiger partial charge is 0.462 e. The van der Waals surface area contributed by atoms with Gasteiger partial charge in [-0.15, -0.1) is 5.10 Å². The first-order valence-electron chi connectivity index (χ1n) is 6.21. The van der Waals surface area contributed by atoms with Gasteiger partial charge in [-0.05, 0) is 12.8 Å². The number of carbonyl (C=O) groups excluding carboxylic acids is 1. The van der Waals surface area contributed by atoms with E-state index in [-0.39, 0.29) is 11.8 Å². The number of halogens is 3. The fourth-order valence-electron chi connectivity index (χ4n) is 2.12. The van der Waals surface area contributed by atoms with E-state index in [2.05, 4.69) is 9.84 Å². The van der Waals surface area contributed by atoms with Crippen LogP contribution >= 0.6 is 0 Å². The van der Waals surface area contributed by atoms with E-state index in [1.165, 1.54) is 4.68 Å². The maximum Gasteiger partial charge on any atom is 0.422 e. The maximum atomic E-state index is 12.1. The standard InChI is InChI=1S/C11H12F3N3O4/c12-11(13,14)6-21-10-9(17(19)20)5-16(15-10)7-1-3-8(18)4-2-7/h5,7H,1-4,6H2. The lowest BCUT2D eigenvalue weighted by atomic mass is 9.95. The molecule has 0 radical (unpaired) electrons. The lowest BCUT2D eigenvalue weighted by molar-refractivity contribution is -0.386. The van der Waals surface area contributed by atoms with Gasteiger partial charge in [0.2, 0.25) is 0 Å². The molecular formula is C11H12F3N3O4. The van der Waals surface area contributed by atoms with Crippen molar-refractivity contribution in [2.24, 2.45) is 0 Å². The summed E-state index contributed by atoms with van der Waals surface area (Å²) in [6, 6.07) is -0.246. The van der Waals surface area contributed by atoms with Crippen molar-refractivity contribution in [2.45, 2.75) is 37.9 Å². The van der Waals surface area contributed by atoms with Gasteiger partial charge in [-0.1, -0.05) is 0 Å². The summed E-state index contributed by atoms with van der Waals surface area (Å²) in [5.74, 6) is -0.560. The maximum absolute atomic E-state index is 12.1. The van der Waals surface area contributed by atoms with Crippen LogP contribution in [0.2, 0.25) is 0 Å². The molecule has 1 fully saturated rings. The number of aromatic nitrogens is 2. The highest BCUT2D eigenvalue weighted by Gasteiger charge is 2.32. The second-order valence-electron chi connectivity index (χ2n) is 4.73. The summed E-state index contributed by atoms with van der Waals surface area (Å²) in [6.45, 7) is -1.64. The Bertz CT molecular complexity index is 545. The Hall–Kier alpha value is -2.13. The van der Waals surface area contributed by atoms with Gasteiger partial charge < -0.3 is 4.74 Å². The predicted molar refractivity (Wildman–Crippen MR) is 62.9 cm³/mol. The Morgan fingerprint density at radius 2 is 2.05 bits per heavy atom. The van der Waals surface area contributed by atoms with Crippen molar-refractivity contribution in [2.75, 3.05) is 6.61 Å². The molecule has 21 heavy (non-hydrogen) atoms. The number of ketones is 1. The summed E-state index contributed by atoms with van der Waals surface area (Å²) >= 11 is 0. The molecule has 1 aromatic rings. The minimum Gasteiger partial charge on any atom is -0.462 e. The van der Waals surface area contributed by atoms with Gasteiger partial charge in [0, 0.05) is 12.8 Å². The summed E-state index contributed by atoms with van der Waals surface area (Å²) in [4.78, 5) is 21.1. The van der Waals surface area contributed by atoms with Crippen LogP contribution in [0.15, 0.2) is 6.20 Å². The highest BCUT2D eigenvalue weighted by molar-refractivity contribution is 5.79. The third kappa shape index (κ3) is 3.92. The molecule has 0 bridgehead atoms. The third-order valence-corrected chi connectivity index (χ3v) is 3.14. The lowest BCUT2D eigenvalue weighted by Crippen LogP contribution is -2.20. The van der Waals surface area contributed by atoms with Crippen molar-refractivity contribution in [3.05, 3.63) is 16.3 Å². The average Bonchev–Trinajstić information content (AvgIpc) is 2.81. The number of hydrogen-bond acceptors (Lipinski definition) is 5. The lowest BCUT2D eigenvalue weighted by Gasteiger charge is -2.20. The fraction of sp³-hybridized carbons (Fsp3) is 0.636. The quantitative estimate of drug-likeness (QED) is 0.629. The Kier molecular flexibility index (Phi) is 4.14. The third-order valence-electron chi connectivity index (χ3n) is 3.14. The van der Waals surface area contributed by atoms with Crippen molar-refractivity contribution < 1.29 is 27.6 Å². The van der Waals surface area contributed by atoms with Crippen LogP contribution in [0.3, 0.4) is 0 Å². The number of ether oxygens (including phenoxy) is 1. The first-order chi connectivity index (χ1) is 9.76. The van der Waals surface area contributed by atoms with Crippen molar-refractivity contribution >= 4 is 11.5 Å². The monoisotopic (exact) mass is 307 g/mol. The van der Waals surface area contributed by atoms with Gasteiger partial charge in [-0.25, -0.2) is 0 Å². The van der Waals surface area contributed by atoms with Gasteiger partial charge in [0.05, 0.1) is 11.0 Å². The topological polar surface area (TPSA) is 87.3 Å². The van der Waals surface area contributed by atoms with Crippen molar-refractivity contribution in [3.63, 3.8) is 0 Å². The van der Waals surface area contributed by atoms with Gasteiger partial charge in [0.15, 0.2) is 6.61 Å². The van der Waals surface area contributed by atoms with Crippen LogP contribution in [0, 0.1) is 10.1 Å². The van der Waals surface area contributed by atoms with Crippen LogP contribution in [0.25, 0.3) is 0 Å². The van der Waals surface area contributed by atoms with Crippen molar-refractivity contribution in [3.8, 4) is 5.88 Å². The number of hydrogen-bond donors (Lipinski definition) is 0.